The lowest BCUT2D eigenvalue weighted by molar-refractivity contribution is 0.1000. The second-order valence-corrected chi connectivity index (χ2v) is 6.41. The number of thiocarbonyl (C=S) groups is 1. The van der Waals surface area contributed by atoms with Crippen LogP contribution in [0.15, 0.2) is 24.3 Å². The van der Waals surface area contributed by atoms with Crippen molar-refractivity contribution in [1.82, 2.24) is 0 Å². The fourth-order valence-electron chi connectivity index (χ4n) is 2.74. The first kappa shape index (κ1) is 17.2. The molecule has 0 radical (unpaired) electrons. The van der Waals surface area contributed by atoms with E-state index in [1.54, 1.807) is 6.07 Å². The van der Waals surface area contributed by atoms with Gasteiger partial charge in [-0.25, -0.2) is 0 Å². The van der Waals surface area contributed by atoms with E-state index in [9.17, 15) is 4.79 Å². The summed E-state index contributed by atoms with van der Waals surface area (Å²) in [6.07, 6.45) is 0. The van der Waals surface area contributed by atoms with Crippen molar-refractivity contribution in [2.24, 2.45) is 5.73 Å². The molecule has 2 rings (SSSR count). The number of nitrogens with two attached hydrogens (primary N) is 1. The molecule has 0 aliphatic carbocycles. The molecule has 23 heavy (non-hydrogen) atoms. The van der Waals surface area contributed by atoms with E-state index in [-0.39, 0.29) is 0 Å². The van der Waals surface area contributed by atoms with Crippen LogP contribution in [-0.2, 0) is 0 Å². The molecule has 3 nitrogen and oxygen atoms in total. The Hall–Kier alpha value is -2.20. The van der Waals surface area contributed by atoms with Crippen LogP contribution in [0.2, 0.25) is 0 Å². The van der Waals surface area contributed by atoms with Gasteiger partial charge in [0.2, 0.25) is 5.91 Å². The molecule has 4 heteroatoms. The Bertz CT molecular complexity index is 810. The summed E-state index contributed by atoms with van der Waals surface area (Å²) in [6, 6.07) is 7.86. The van der Waals surface area contributed by atoms with Gasteiger partial charge in [-0.3, -0.25) is 4.79 Å². The molecule has 0 aliphatic heterocycles. The number of anilines is 1. The highest BCUT2D eigenvalue weighted by molar-refractivity contribution is 7.81. The van der Waals surface area contributed by atoms with Crippen LogP contribution >= 0.6 is 12.2 Å². The first-order valence-corrected chi connectivity index (χ1v) is 7.92. The molecule has 2 aromatic carbocycles. The Morgan fingerprint density at radius 3 is 2.26 bits per heavy atom. The Labute approximate surface area is 142 Å². The normalized spacial score (nSPS) is 10.5. The van der Waals surface area contributed by atoms with Gasteiger partial charge in [0.25, 0.3) is 0 Å². The molecular formula is C19H22N2OS. The monoisotopic (exact) mass is 326 g/mol. The molecule has 1 amide bonds. The van der Waals surface area contributed by atoms with Crippen LogP contribution in [0.5, 0.6) is 0 Å². The lowest BCUT2D eigenvalue weighted by atomic mass is 9.97. The number of aryl methyl sites for hydroxylation is 3. The van der Waals surface area contributed by atoms with E-state index in [4.69, 9.17) is 18.0 Å². The van der Waals surface area contributed by atoms with Crippen molar-refractivity contribution < 1.29 is 4.79 Å². The zero-order valence-corrected chi connectivity index (χ0v) is 15.0. The topological polar surface area (TPSA) is 55.1 Å². The minimum Gasteiger partial charge on any atom is -0.366 e. The van der Waals surface area contributed by atoms with Crippen LogP contribution in [0, 0.1) is 34.6 Å². The molecule has 0 aliphatic rings. The molecule has 0 bridgehead atoms. The smallest absolute Gasteiger partial charge is 0.249 e. The van der Waals surface area contributed by atoms with Crippen molar-refractivity contribution in [3.05, 3.63) is 63.2 Å². The molecule has 0 heterocycles. The number of hydrogen-bond donors (Lipinski definition) is 2. The van der Waals surface area contributed by atoms with E-state index in [0.29, 0.717) is 16.1 Å². The van der Waals surface area contributed by atoms with Crippen molar-refractivity contribution in [1.29, 1.82) is 0 Å². The molecule has 0 saturated heterocycles. The molecule has 0 fully saturated rings. The van der Waals surface area contributed by atoms with E-state index >= 15 is 0 Å². The summed E-state index contributed by atoms with van der Waals surface area (Å²) in [5.74, 6) is -0.465. The number of nitrogens with one attached hydrogen (secondary N) is 1. The molecule has 0 unspecified atom stereocenters. The summed E-state index contributed by atoms with van der Waals surface area (Å²) in [6.45, 7) is 10.1. The molecule has 0 atom stereocenters. The minimum absolute atomic E-state index is 0.460. The Kier molecular flexibility index (Phi) is 4.85. The first-order chi connectivity index (χ1) is 10.7. The summed E-state index contributed by atoms with van der Waals surface area (Å²) in [5.41, 5.74) is 13.2. The zero-order valence-electron chi connectivity index (χ0n) is 14.2. The van der Waals surface area contributed by atoms with Gasteiger partial charge in [0.15, 0.2) is 0 Å². The summed E-state index contributed by atoms with van der Waals surface area (Å²) < 4.78 is 0. The maximum Gasteiger partial charge on any atom is 0.249 e. The van der Waals surface area contributed by atoms with Crippen molar-refractivity contribution in [2.75, 3.05) is 5.32 Å². The van der Waals surface area contributed by atoms with Gasteiger partial charge < -0.3 is 11.1 Å². The molecular weight excluding hydrogens is 304 g/mol. The van der Waals surface area contributed by atoms with Crippen LogP contribution in [-0.4, -0.2) is 10.9 Å². The van der Waals surface area contributed by atoms with Gasteiger partial charge in [0.1, 0.15) is 4.99 Å². The quantitative estimate of drug-likeness (QED) is 0.834. The standard InChI is InChI=1S/C19H22N2OS/c1-10-8-12(3)17(15(9-10)18(20)22)19(23)21-16-7-6-11(2)13(4)14(16)5/h6-9H,1-5H3,(H2,20,22)(H,21,23). The predicted molar refractivity (Wildman–Crippen MR) is 100 cm³/mol. The second-order valence-electron chi connectivity index (χ2n) is 6.00. The highest BCUT2D eigenvalue weighted by Crippen LogP contribution is 2.24. The molecule has 0 saturated carbocycles. The van der Waals surface area contributed by atoms with Gasteiger partial charge in [0, 0.05) is 16.8 Å². The number of benzene rings is 2. The van der Waals surface area contributed by atoms with Crippen molar-refractivity contribution >= 4 is 28.8 Å². The number of primary amides is 1. The van der Waals surface area contributed by atoms with Crippen molar-refractivity contribution in [3.63, 3.8) is 0 Å². The third-order valence-electron chi connectivity index (χ3n) is 4.28. The summed E-state index contributed by atoms with van der Waals surface area (Å²) in [5, 5.41) is 3.27. The number of carbonyl (C=O) groups excluding carboxylic acids is 1. The average Bonchev–Trinajstić information content (AvgIpc) is 2.46. The Morgan fingerprint density at radius 1 is 1.00 bits per heavy atom. The molecule has 0 spiro atoms. The molecule has 120 valence electrons. The minimum atomic E-state index is -0.465. The second kappa shape index (κ2) is 6.50. The summed E-state index contributed by atoms with van der Waals surface area (Å²) >= 11 is 5.56. The number of carbonyl (C=O) groups is 1. The highest BCUT2D eigenvalue weighted by Gasteiger charge is 2.17. The van der Waals surface area contributed by atoms with Crippen LogP contribution in [0.1, 0.15) is 43.7 Å². The van der Waals surface area contributed by atoms with Crippen LogP contribution < -0.4 is 11.1 Å². The van der Waals surface area contributed by atoms with Gasteiger partial charge in [-0.15, -0.1) is 0 Å². The third-order valence-corrected chi connectivity index (χ3v) is 4.58. The van der Waals surface area contributed by atoms with Crippen LogP contribution in [0.3, 0.4) is 0 Å². The Morgan fingerprint density at radius 2 is 1.65 bits per heavy atom. The molecule has 3 N–H and O–H groups in total. The fourth-order valence-corrected chi connectivity index (χ4v) is 3.12. The van der Waals surface area contributed by atoms with E-state index in [1.165, 1.54) is 11.1 Å². The summed E-state index contributed by atoms with van der Waals surface area (Å²) in [4.78, 5) is 12.3. The van der Waals surface area contributed by atoms with Gasteiger partial charge in [-0.1, -0.05) is 29.9 Å². The third kappa shape index (κ3) is 3.42. The highest BCUT2D eigenvalue weighted by atomic mass is 32.1. The van der Waals surface area contributed by atoms with E-state index in [2.05, 4.69) is 32.2 Å². The maximum atomic E-state index is 11.8. The molecule has 2 aromatic rings. The summed E-state index contributed by atoms with van der Waals surface area (Å²) in [7, 11) is 0. The fraction of sp³-hybridized carbons (Fsp3) is 0.263. The van der Waals surface area contributed by atoms with Gasteiger partial charge >= 0.3 is 0 Å². The maximum absolute atomic E-state index is 11.8. The predicted octanol–water partition coefficient (Wildman–Crippen LogP) is 4.12. The SMILES string of the molecule is Cc1cc(C)c(C(=S)Nc2ccc(C)c(C)c2C)c(C(N)=O)c1. The van der Waals surface area contributed by atoms with Gasteiger partial charge in [0.05, 0.1) is 0 Å². The number of hydrogen-bond acceptors (Lipinski definition) is 2. The van der Waals surface area contributed by atoms with E-state index in [1.807, 2.05) is 26.0 Å². The van der Waals surface area contributed by atoms with Gasteiger partial charge in [-0.2, -0.15) is 0 Å². The number of rotatable bonds is 3. The average molecular weight is 326 g/mol. The Balaban J connectivity index is 2.47. The zero-order chi connectivity index (χ0) is 17.3. The lowest BCUT2D eigenvalue weighted by Crippen LogP contribution is -2.21. The van der Waals surface area contributed by atoms with Crippen molar-refractivity contribution in [3.8, 4) is 0 Å². The molecule has 0 aromatic heterocycles. The van der Waals surface area contributed by atoms with Gasteiger partial charge in [-0.05, 0) is 69.0 Å². The van der Waals surface area contributed by atoms with Crippen LogP contribution in [0.25, 0.3) is 0 Å². The largest absolute Gasteiger partial charge is 0.366 e. The first-order valence-electron chi connectivity index (χ1n) is 7.51. The number of amides is 1. The van der Waals surface area contributed by atoms with E-state index in [0.717, 1.165) is 22.4 Å². The van der Waals surface area contributed by atoms with Crippen molar-refractivity contribution in [2.45, 2.75) is 34.6 Å². The lowest BCUT2D eigenvalue weighted by Gasteiger charge is -2.17. The van der Waals surface area contributed by atoms with E-state index < -0.39 is 5.91 Å². The van der Waals surface area contributed by atoms with Crippen LogP contribution in [0.4, 0.5) is 5.69 Å².